The highest BCUT2D eigenvalue weighted by atomic mass is 79.9. The zero-order chi connectivity index (χ0) is 27.2. The molecule has 0 spiro atoms. The summed E-state index contributed by atoms with van der Waals surface area (Å²) >= 11 is 3.21. The molecule has 0 bridgehead atoms. The van der Waals surface area contributed by atoms with Crippen molar-refractivity contribution in [2.75, 3.05) is 26.1 Å². The van der Waals surface area contributed by atoms with Crippen LogP contribution in [0.1, 0.15) is 15.9 Å². The Labute approximate surface area is 226 Å². The van der Waals surface area contributed by atoms with E-state index in [0.29, 0.717) is 38.4 Å². The molecule has 0 aliphatic rings. The molecule has 0 radical (unpaired) electrons. The summed E-state index contributed by atoms with van der Waals surface area (Å²) in [5.74, 6) is -0.398. The largest absolute Gasteiger partial charge is 0.507 e. The van der Waals surface area contributed by atoms with E-state index in [0.717, 1.165) is 0 Å². The van der Waals surface area contributed by atoms with Gasteiger partial charge in [0.15, 0.2) is 6.61 Å². The molecule has 1 aromatic heterocycles. The zero-order valence-corrected chi connectivity index (χ0v) is 21.9. The van der Waals surface area contributed by atoms with Gasteiger partial charge in [-0.25, -0.2) is 4.79 Å². The van der Waals surface area contributed by atoms with Crippen LogP contribution in [-0.4, -0.2) is 37.8 Å². The SMILES string of the molecule is COc1ccc(-c2oc(NC(=O)COC(=O)c3cc(Br)ccc3O)c(C#N)c2-c2ccc(OC)cc2)cc1. The second kappa shape index (κ2) is 11.5. The molecule has 0 saturated carbocycles. The van der Waals surface area contributed by atoms with E-state index in [1.807, 2.05) is 0 Å². The molecule has 0 aliphatic carbocycles. The number of phenols is 1. The van der Waals surface area contributed by atoms with Gasteiger partial charge in [-0.15, -0.1) is 0 Å². The molecule has 4 rings (SSSR count). The number of amides is 1. The van der Waals surface area contributed by atoms with Gasteiger partial charge >= 0.3 is 5.97 Å². The van der Waals surface area contributed by atoms with Gasteiger partial charge in [-0.05, 0) is 60.2 Å². The molecule has 1 heterocycles. The number of halogens is 1. The number of hydrogen-bond donors (Lipinski definition) is 2. The van der Waals surface area contributed by atoms with Crippen molar-refractivity contribution >= 4 is 33.7 Å². The van der Waals surface area contributed by atoms with E-state index < -0.39 is 18.5 Å². The number of methoxy groups -OCH3 is 2. The molecule has 0 aliphatic heterocycles. The van der Waals surface area contributed by atoms with Crippen LogP contribution < -0.4 is 14.8 Å². The predicted octanol–water partition coefficient (Wildman–Crippen LogP) is 5.77. The van der Waals surface area contributed by atoms with Crippen LogP contribution in [0.5, 0.6) is 17.2 Å². The highest BCUT2D eigenvalue weighted by molar-refractivity contribution is 9.10. The lowest BCUT2D eigenvalue weighted by atomic mass is 9.98. The van der Waals surface area contributed by atoms with Crippen LogP contribution in [0.4, 0.5) is 5.88 Å². The summed E-state index contributed by atoms with van der Waals surface area (Å²) in [5.41, 5.74) is 1.75. The highest BCUT2D eigenvalue weighted by Crippen LogP contribution is 2.42. The molecule has 192 valence electrons. The fourth-order valence-corrected chi connectivity index (χ4v) is 4.01. The van der Waals surface area contributed by atoms with Crippen LogP contribution in [0.2, 0.25) is 0 Å². The maximum Gasteiger partial charge on any atom is 0.342 e. The fraction of sp³-hybridized carbons (Fsp3) is 0.107. The van der Waals surface area contributed by atoms with E-state index >= 15 is 0 Å². The summed E-state index contributed by atoms with van der Waals surface area (Å²) in [5, 5.41) is 22.4. The Morgan fingerprint density at radius 3 is 2.16 bits per heavy atom. The van der Waals surface area contributed by atoms with Gasteiger partial charge < -0.3 is 23.7 Å². The number of hydrogen-bond acceptors (Lipinski definition) is 8. The Kier molecular flexibility index (Phi) is 7.99. The Balaban J connectivity index is 1.64. The average Bonchev–Trinajstić information content (AvgIpc) is 3.30. The first kappa shape index (κ1) is 26.3. The van der Waals surface area contributed by atoms with E-state index in [2.05, 4.69) is 27.3 Å². The first-order chi connectivity index (χ1) is 18.3. The number of nitrogens with one attached hydrogen (secondary N) is 1. The minimum atomic E-state index is -0.892. The summed E-state index contributed by atoms with van der Waals surface area (Å²) in [7, 11) is 3.10. The molecule has 9 nitrogen and oxygen atoms in total. The number of esters is 1. The monoisotopic (exact) mass is 576 g/mol. The molecule has 0 saturated heterocycles. The van der Waals surface area contributed by atoms with Crippen LogP contribution in [-0.2, 0) is 9.53 Å². The number of rotatable bonds is 8. The number of anilines is 1. The normalized spacial score (nSPS) is 10.4. The van der Waals surface area contributed by atoms with Gasteiger partial charge in [0.1, 0.15) is 40.2 Å². The second-order valence-electron chi connectivity index (χ2n) is 7.86. The van der Waals surface area contributed by atoms with Crippen LogP contribution >= 0.6 is 15.9 Å². The molecule has 2 N–H and O–H groups in total. The molecule has 38 heavy (non-hydrogen) atoms. The van der Waals surface area contributed by atoms with Crippen molar-refractivity contribution in [3.63, 3.8) is 0 Å². The third-order valence-corrected chi connectivity index (χ3v) is 6.01. The van der Waals surface area contributed by atoms with Gasteiger partial charge in [0, 0.05) is 15.6 Å². The van der Waals surface area contributed by atoms with Gasteiger partial charge in [0.05, 0.1) is 14.2 Å². The van der Waals surface area contributed by atoms with E-state index in [4.69, 9.17) is 18.6 Å². The number of ether oxygens (including phenoxy) is 3. The number of carbonyl (C=O) groups excluding carboxylic acids is 2. The van der Waals surface area contributed by atoms with Crippen molar-refractivity contribution in [3.05, 3.63) is 82.3 Å². The van der Waals surface area contributed by atoms with E-state index in [1.165, 1.54) is 12.1 Å². The first-order valence-corrected chi connectivity index (χ1v) is 11.9. The van der Waals surface area contributed by atoms with E-state index in [-0.39, 0.29) is 22.8 Å². The summed E-state index contributed by atoms with van der Waals surface area (Å²) in [6, 6.07) is 20.4. The Morgan fingerprint density at radius 2 is 1.58 bits per heavy atom. The lowest BCUT2D eigenvalue weighted by Gasteiger charge is -2.07. The van der Waals surface area contributed by atoms with Crippen molar-refractivity contribution in [1.82, 2.24) is 0 Å². The minimum Gasteiger partial charge on any atom is -0.507 e. The van der Waals surface area contributed by atoms with Crippen LogP contribution in [0, 0.1) is 11.3 Å². The lowest BCUT2D eigenvalue weighted by molar-refractivity contribution is -0.119. The van der Waals surface area contributed by atoms with Crippen molar-refractivity contribution in [2.24, 2.45) is 0 Å². The maximum atomic E-state index is 12.7. The van der Waals surface area contributed by atoms with Gasteiger partial charge in [0.2, 0.25) is 5.88 Å². The summed E-state index contributed by atoms with van der Waals surface area (Å²) in [6.07, 6.45) is 0. The maximum absolute atomic E-state index is 12.7. The molecular formula is C28H21BrN2O7. The topological polar surface area (TPSA) is 131 Å². The van der Waals surface area contributed by atoms with Crippen LogP contribution in [0.25, 0.3) is 22.5 Å². The second-order valence-corrected chi connectivity index (χ2v) is 8.78. The van der Waals surface area contributed by atoms with Gasteiger partial charge in [0.25, 0.3) is 5.91 Å². The third kappa shape index (κ3) is 5.63. The van der Waals surface area contributed by atoms with Crippen molar-refractivity contribution in [3.8, 4) is 45.8 Å². The predicted molar refractivity (Wildman–Crippen MR) is 142 cm³/mol. The highest BCUT2D eigenvalue weighted by Gasteiger charge is 2.25. The van der Waals surface area contributed by atoms with Gasteiger partial charge in [-0.3, -0.25) is 10.1 Å². The first-order valence-electron chi connectivity index (χ1n) is 11.2. The quantitative estimate of drug-likeness (QED) is 0.253. The number of nitrogens with zero attached hydrogens (tertiary/aromatic N) is 1. The molecule has 10 heteroatoms. The third-order valence-electron chi connectivity index (χ3n) is 5.52. The standard InChI is InChI=1S/C28H21BrN2O7/c1-35-19-8-3-16(4-9-19)25-22(14-30)27(38-26(25)17-5-10-20(36-2)11-6-17)31-24(33)15-37-28(34)21-13-18(29)7-12-23(21)32/h3-13,32H,15H2,1-2H3,(H,31,33). The van der Waals surface area contributed by atoms with Crippen molar-refractivity contribution in [2.45, 2.75) is 0 Å². The summed E-state index contributed by atoms with van der Waals surface area (Å²) in [6.45, 7) is -0.675. The molecular weight excluding hydrogens is 556 g/mol. The average molecular weight is 577 g/mol. The summed E-state index contributed by atoms with van der Waals surface area (Å²) < 4.78 is 22.0. The molecule has 1 amide bonds. The molecule has 3 aromatic carbocycles. The van der Waals surface area contributed by atoms with Crippen molar-refractivity contribution < 1.29 is 33.3 Å². The van der Waals surface area contributed by atoms with E-state index in [9.17, 15) is 20.0 Å². The number of phenolic OH excluding ortho intramolecular Hbond substituents is 1. The number of aromatic hydroxyl groups is 1. The summed E-state index contributed by atoms with van der Waals surface area (Å²) in [4.78, 5) is 25.0. The van der Waals surface area contributed by atoms with E-state index in [1.54, 1.807) is 68.8 Å². The molecule has 0 unspecified atom stereocenters. The lowest BCUT2D eigenvalue weighted by Crippen LogP contribution is -2.21. The minimum absolute atomic E-state index is 0.0882. The number of nitriles is 1. The Bertz CT molecular complexity index is 1520. The van der Waals surface area contributed by atoms with Gasteiger partial charge in [-0.1, -0.05) is 28.1 Å². The van der Waals surface area contributed by atoms with Crippen LogP contribution in [0.15, 0.2) is 75.6 Å². The number of carbonyl (C=O) groups is 2. The molecule has 0 atom stereocenters. The zero-order valence-electron chi connectivity index (χ0n) is 20.3. The Hall–Kier alpha value is -4.75. The smallest absolute Gasteiger partial charge is 0.342 e. The van der Waals surface area contributed by atoms with Gasteiger partial charge in [-0.2, -0.15) is 5.26 Å². The number of benzene rings is 3. The molecule has 4 aromatic rings. The number of furan rings is 1. The van der Waals surface area contributed by atoms with Crippen molar-refractivity contribution in [1.29, 1.82) is 5.26 Å². The Morgan fingerprint density at radius 1 is 0.974 bits per heavy atom. The molecule has 0 fully saturated rings. The fourth-order valence-electron chi connectivity index (χ4n) is 3.65. The van der Waals surface area contributed by atoms with Crippen LogP contribution in [0.3, 0.4) is 0 Å².